The molecule has 126 valence electrons. The third kappa shape index (κ3) is 4.85. The van der Waals surface area contributed by atoms with Crippen molar-refractivity contribution in [1.82, 2.24) is 10.2 Å². The van der Waals surface area contributed by atoms with E-state index in [2.05, 4.69) is 18.5 Å². The lowest BCUT2D eigenvalue weighted by Gasteiger charge is -2.37. The van der Waals surface area contributed by atoms with Gasteiger partial charge in [-0.2, -0.15) is 0 Å². The SMILES string of the molecule is C=CCN[C@@H](CC=C)[C@@H]1COC(C)(C)N1C(=O)OC(C)(C)C. The van der Waals surface area contributed by atoms with E-state index in [4.69, 9.17) is 9.47 Å². The highest BCUT2D eigenvalue weighted by molar-refractivity contribution is 5.70. The Morgan fingerprint density at radius 1 is 1.45 bits per heavy atom. The number of carbonyl (C=O) groups is 1. The maximum absolute atomic E-state index is 12.6. The predicted molar refractivity (Wildman–Crippen MR) is 88.7 cm³/mol. The number of hydrogen-bond acceptors (Lipinski definition) is 4. The summed E-state index contributed by atoms with van der Waals surface area (Å²) in [5.74, 6) is 0. The van der Waals surface area contributed by atoms with Crippen molar-refractivity contribution in [3.8, 4) is 0 Å². The molecule has 0 spiro atoms. The smallest absolute Gasteiger partial charge is 0.412 e. The van der Waals surface area contributed by atoms with Crippen LogP contribution in [0.15, 0.2) is 25.3 Å². The molecule has 1 heterocycles. The maximum atomic E-state index is 12.6. The first-order valence-corrected chi connectivity index (χ1v) is 7.74. The van der Waals surface area contributed by atoms with Crippen LogP contribution in [0.25, 0.3) is 0 Å². The number of hydrogen-bond donors (Lipinski definition) is 1. The van der Waals surface area contributed by atoms with E-state index < -0.39 is 11.3 Å². The molecule has 1 aliphatic rings. The van der Waals surface area contributed by atoms with Crippen molar-refractivity contribution in [1.29, 1.82) is 0 Å². The second kappa shape index (κ2) is 7.29. The number of ether oxygens (including phenoxy) is 2. The predicted octanol–water partition coefficient (Wildman–Crippen LogP) is 3.08. The number of rotatable bonds is 6. The molecule has 1 rings (SSSR count). The van der Waals surface area contributed by atoms with Gasteiger partial charge in [0.05, 0.1) is 12.6 Å². The molecule has 0 aromatic rings. The number of nitrogens with zero attached hydrogens (tertiary/aromatic N) is 1. The monoisotopic (exact) mass is 310 g/mol. The Hall–Kier alpha value is -1.33. The van der Waals surface area contributed by atoms with Crippen molar-refractivity contribution in [2.45, 2.75) is 64.4 Å². The molecular formula is C17H30N2O3. The molecule has 22 heavy (non-hydrogen) atoms. The zero-order valence-electron chi connectivity index (χ0n) is 14.5. The van der Waals surface area contributed by atoms with Crippen LogP contribution < -0.4 is 5.32 Å². The summed E-state index contributed by atoms with van der Waals surface area (Å²) < 4.78 is 11.4. The molecular weight excluding hydrogens is 280 g/mol. The molecule has 2 atom stereocenters. The van der Waals surface area contributed by atoms with Gasteiger partial charge in [0.25, 0.3) is 0 Å². The highest BCUT2D eigenvalue weighted by Gasteiger charge is 2.48. The Morgan fingerprint density at radius 3 is 2.59 bits per heavy atom. The quantitative estimate of drug-likeness (QED) is 0.766. The van der Waals surface area contributed by atoms with Crippen LogP contribution in [0.4, 0.5) is 4.79 Å². The molecule has 0 bridgehead atoms. The first-order valence-electron chi connectivity index (χ1n) is 7.74. The molecule has 0 radical (unpaired) electrons. The summed E-state index contributed by atoms with van der Waals surface area (Å²) >= 11 is 0. The molecule has 0 unspecified atom stereocenters. The molecule has 1 N–H and O–H groups in total. The van der Waals surface area contributed by atoms with E-state index in [0.29, 0.717) is 13.2 Å². The topological polar surface area (TPSA) is 50.8 Å². The molecule has 5 nitrogen and oxygen atoms in total. The highest BCUT2D eigenvalue weighted by atomic mass is 16.6. The van der Waals surface area contributed by atoms with Crippen LogP contribution in [0, 0.1) is 0 Å². The number of nitrogens with one attached hydrogen (secondary N) is 1. The zero-order chi connectivity index (χ0) is 17.0. The summed E-state index contributed by atoms with van der Waals surface area (Å²) in [5, 5.41) is 3.38. The Labute approximate surface area is 134 Å². The lowest BCUT2D eigenvalue weighted by Crippen LogP contribution is -2.56. The van der Waals surface area contributed by atoms with Gasteiger partial charge in [0, 0.05) is 12.6 Å². The summed E-state index contributed by atoms with van der Waals surface area (Å²) in [6.07, 6.45) is 4.03. The highest BCUT2D eigenvalue weighted by Crippen LogP contribution is 2.31. The number of amides is 1. The zero-order valence-corrected chi connectivity index (χ0v) is 14.5. The van der Waals surface area contributed by atoms with Crippen molar-refractivity contribution >= 4 is 6.09 Å². The van der Waals surface area contributed by atoms with Gasteiger partial charge >= 0.3 is 6.09 Å². The average molecular weight is 310 g/mol. The largest absolute Gasteiger partial charge is 0.444 e. The van der Waals surface area contributed by atoms with Crippen LogP contribution in [-0.4, -0.2) is 47.6 Å². The van der Waals surface area contributed by atoms with Crippen molar-refractivity contribution in [3.05, 3.63) is 25.3 Å². The molecule has 0 aliphatic carbocycles. The van der Waals surface area contributed by atoms with Gasteiger partial charge in [-0.05, 0) is 41.0 Å². The summed E-state index contributed by atoms with van der Waals surface area (Å²) in [6, 6.07) is -0.0624. The van der Waals surface area contributed by atoms with Crippen molar-refractivity contribution in [2.24, 2.45) is 0 Å². The van der Waals surface area contributed by atoms with Crippen molar-refractivity contribution in [2.75, 3.05) is 13.2 Å². The Bertz CT molecular complexity index is 413. The van der Waals surface area contributed by atoms with E-state index in [1.165, 1.54) is 0 Å². The fraction of sp³-hybridized carbons (Fsp3) is 0.706. The van der Waals surface area contributed by atoms with E-state index in [-0.39, 0.29) is 18.2 Å². The van der Waals surface area contributed by atoms with Crippen LogP contribution in [-0.2, 0) is 9.47 Å². The second-order valence-electron chi connectivity index (χ2n) is 7.00. The van der Waals surface area contributed by atoms with Crippen molar-refractivity contribution in [3.63, 3.8) is 0 Å². The number of carbonyl (C=O) groups excluding carboxylic acids is 1. The fourth-order valence-corrected chi connectivity index (χ4v) is 2.59. The normalized spacial score (nSPS) is 22.2. The van der Waals surface area contributed by atoms with Gasteiger partial charge in [-0.25, -0.2) is 4.79 Å². The minimum absolute atomic E-state index is 0.0461. The molecule has 0 aromatic heterocycles. The van der Waals surface area contributed by atoms with E-state index in [1.807, 2.05) is 40.7 Å². The van der Waals surface area contributed by atoms with Gasteiger partial charge in [0.2, 0.25) is 0 Å². The van der Waals surface area contributed by atoms with Crippen LogP contribution in [0.2, 0.25) is 0 Å². The van der Waals surface area contributed by atoms with Crippen LogP contribution in [0.1, 0.15) is 41.0 Å². The summed E-state index contributed by atoms with van der Waals surface area (Å²) in [4.78, 5) is 14.3. The molecule has 5 heteroatoms. The van der Waals surface area contributed by atoms with Crippen LogP contribution >= 0.6 is 0 Å². The standard InChI is InChI=1S/C17H30N2O3/c1-8-10-13(18-11-9-2)14-12-21-17(6,7)19(14)15(20)22-16(3,4)5/h8-9,13-14,18H,1-2,10-12H2,3-7H3/t13-,14-/m0/s1. The lowest BCUT2D eigenvalue weighted by atomic mass is 10.0. The fourth-order valence-electron chi connectivity index (χ4n) is 2.59. The third-order valence-corrected chi connectivity index (χ3v) is 3.52. The third-order valence-electron chi connectivity index (χ3n) is 3.52. The first kappa shape index (κ1) is 18.7. The van der Waals surface area contributed by atoms with E-state index in [1.54, 1.807) is 11.0 Å². The van der Waals surface area contributed by atoms with Gasteiger partial charge in [-0.15, -0.1) is 13.2 Å². The molecule has 1 amide bonds. The maximum Gasteiger partial charge on any atom is 0.412 e. The Kier molecular flexibility index (Phi) is 6.20. The summed E-state index contributed by atoms with van der Waals surface area (Å²) in [5.41, 5.74) is -1.23. The van der Waals surface area contributed by atoms with Gasteiger partial charge < -0.3 is 14.8 Å². The second-order valence-corrected chi connectivity index (χ2v) is 7.00. The lowest BCUT2D eigenvalue weighted by molar-refractivity contribution is -0.0635. The minimum atomic E-state index is -0.692. The van der Waals surface area contributed by atoms with Crippen LogP contribution in [0.3, 0.4) is 0 Å². The molecule has 0 saturated carbocycles. The average Bonchev–Trinajstić information content (AvgIpc) is 2.68. The Morgan fingerprint density at radius 2 is 2.09 bits per heavy atom. The molecule has 1 aliphatic heterocycles. The van der Waals surface area contributed by atoms with Gasteiger partial charge in [-0.3, -0.25) is 4.90 Å². The van der Waals surface area contributed by atoms with Crippen molar-refractivity contribution < 1.29 is 14.3 Å². The first-order chi connectivity index (χ1) is 10.1. The van der Waals surface area contributed by atoms with E-state index in [9.17, 15) is 4.79 Å². The Balaban J connectivity index is 2.97. The molecule has 1 saturated heterocycles. The van der Waals surface area contributed by atoms with Gasteiger partial charge in [-0.1, -0.05) is 12.2 Å². The van der Waals surface area contributed by atoms with E-state index in [0.717, 1.165) is 6.42 Å². The van der Waals surface area contributed by atoms with Gasteiger partial charge in [0.15, 0.2) is 0 Å². The molecule has 1 fully saturated rings. The summed E-state index contributed by atoms with van der Waals surface area (Å²) in [6.45, 7) is 18.0. The molecule has 0 aromatic carbocycles. The minimum Gasteiger partial charge on any atom is -0.444 e. The summed E-state index contributed by atoms with van der Waals surface area (Å²) in [7, 11) is 0. The van der Waals surface area contributed by atoms with Crippen LogP contribution in [0.5, 0.6) is 0 Å². The van der Waals surface area contributed by atoms with Gasteiger partial charge in [0.1, 0.15) is 11.3 Å². The van der Waals surface area contributed by atoms with E-state index >= 15 is 0 Å².